The van der Waals surface area contributed by atoms with E-state index in [0.717, 1.165) is 37.9 Å². The van der Waals surface area contributed by atoms with Crippen LogP contribution in [0.25, 0.3) is 11.0 Å². The first kappa shape index (κ1) is 19.9. The third-order valence-corrected chi connectivity index (χ3v) is 4.28. The van der Waals surface area contributed by atoms with Gasteiger partial charge in [0, 0.05) is 12.0 Å². The van der Waals surface area contributed by atoms with Crippen LogP contribution in [0.1, 0.15) is 35.2 Å². The first-order valence-electron chi connectivity index (χ1n) is 8.72. The molecule has 6 heteroatoms. The van der Waals surface area contributed by atoms with Gasteiger partial charge in [-0.1, -0.05) is 30.3 Å². The highest BCUT2D eigenvalue weighted by Gasteiger charge is 2.07. The van der Waals surface area contributed by atoms with Crippen molar-refractivity contribution >= 4 is 29.2 Å². The lowest BCUT2D eigenvalue weighted by atomic mass is 10.0. The second-order valence-corrected chi connectivity index (χ2v) is 6.21. The summed E-state index contributed by atoms with van der Waals surface area (Å²) in [5, 5.41) is 3.42. The summed E-state index contributed by atoms with van der Waals surface area (Å²) < 4.78 is 0. The van der Waals surface area contributed by atoms with E-state index in [1.807, 2.05) is 6.07 Å². The number of ketones is 1. The fourth-order valence-corrected chi connectivity index (χ4v) is 2.89. The molecule has 0 fully saturated rings. The molecule has 0 aliphatic carbocycles. The molecule has 1 aromatic heterocycles. The summed E-state index contributed by atoms with van der Waals surface area (Å²) in [4.78, 5) is 28.9. The minimum Gasteiger partial charge on any atom is -0.316 e. The SMILES string of the molecule is Cl.O=C(CCCCNCCc1ccccc1)c1ccc2[nH]c(=O)[nH]c2c1. The van der Waals surface area contributed by atoms with Crippen molar-refractivity contribution in [3.05, 3.63) is 70.1 Å². The van der Waals surface area contributed by atoms with Crippen LogP contribution < -0.4 is 11.0 Å². The third-order valence-electron chi connectivity index (χ3n) is 4.28. The number of halogens is 1. The van der Waals surface area contributed by atoms with Crippen LogP contribution >= 0.6 is 12.4 Å². The summed E-state index contributed by atoms with van der Waals surface area (Å²) in [6, 6.07) is 15.7. The van der Waals surface area contributed by atoms with E-state index in [2.05, 4.69) is 39.6 Å². The number of H-pyrrole nitrogens is 2. The molecular formula is C20H24ClN3O2. The van der Waals surface area contributed by atoms with E-state index in [4.69, 9.17) is 0 Å². The van der Waals surface area contributed by atoms with Crippen LogP contribution in [0, 0.1) is 0 Å². The molecule has 0 aliphatic heterocycles. The largest absolute Gasteiger partial charge is 0.323 e. The zero-order chi connectivity index (χ0) is 17.5. The maximum Gasteiger partial charge on any atom is 0.323 e. The highest BCUT2D eigenvalue weighted by molar-refractivity contribution is 5.98. The molecule has 138 valence electrons. The van der Waals surface area contributed by atoms with Crippen molar-refractivity contribution in [3.8, 4) is 0 Å². The Morgan fingerprint density at radius 3 is 2.50 bits per heavy atom. The van der Waals surface area contributed by atoms with Crippen molar-refractivity contribution in [1.82, 2.24) is 15.3 Å². The van der Waals surface area contributed by atoms with Crippen molar-refractivity contribution in [3.63, 3.8) is 0 Å². The molecule has 2 aromatic carbocycles. The zero-order valence-corrected chi connectivity index (χ0v) is 15.4. The lowest BCUT2D eigenvalue weighted by Gasteiger charge is -2.05. The van der Waals surface area contributed by atoms with Gasteiger partial charge >= 0.3 is 5.69 Å². The van der Waals surface area contributed by atoms with E-state index in [9.17, 15) is 9.59 Å². The van der Waals surface area contributed by atoms with Gasteiger partial charge in [-0.2, -0.15) is 0 Å². The van der Waals surface area contributed by atoms with Crippen LogP contribution in [0.5, 0.6) is 0 Å². The Labute approximate surface area is 158 Å². The molecule has 0 aliphatic rings. The molecule has 26 heavy (non-hydrogen) atoms. The van der Waals surface area contributed by atoms with Crippen molar-refractivity contribution < 1.29 is 4.79 Å². The molecule has 0 atom stereocenters. The normalized spacial score (nSPS) is 10.6. The number of nitrogens with one attached hydrogen (secondary N) is 3. The quantitative estimate of drug-likeness (QED) is 0.397. The van der Waals surface area contributed by atoms with E-state index in [0.29, 0.717) is 17.5 Å². The van der Waals surface area contributed by atoms with Crippen LogP contribution in [0.3, 0.4) is 0 Å². The summed E-state index contributed by atoms with van der Waals surface area (Å²) in [6.07, 6.45) is 3.39. The van der Waals surface area contributed by atoms with Gasteiger partial charge in [0.2, 0.25) is 0 Å². The second kappa shape index (κ2) is 9.94. The molecule has 0 saturated heterocycles. The lowest BCUT2D eigenvalue weighted by molar-refractivity contribution is 0.0979. The number of unbranched alkanes of at least 4 members (excludes halogenated alkanes) is 1. The van der Waals surface area contributed by atoms with Gasteiger partial charge in [0.15, 0.2) is 5.78 Å². The van der Waals surface area contributed by atoms with Crippen LogP contribution in [-0.2, 0) is 6.42 Å². The van der Waals surface area contributed by atoms with Gasteiger partial charge in [0.05, 0.1) is 11.0 Å². The summed E-state index contributed by atoms with van der Waals surface area (Å²) in [5.41, 5.74) is 3.15. The van der Waals surface area contributed by atoms with Crippen LogP contribution in [0.15, 0.2) is 53.3 Å². The Kier molecular flexibility index (Phi) is 7.63. The predicted octanol–water partition coefficient (Wildman–Crippen LogP) is 3.46. The number of rotatable bonds is 9. The van der Waals surface area contributed by atoms with Gasteiger partial charge in [0.25, 0.3) is 0 Å². The van der Waals surface area contributed by atoms with Crippen molar-refractivity contribution in [2.75, 3.05) is 13.1 Å². The lowest BCUT2D eigenvalue weighted by Crippen LogP contribution is -2.18. The second-order valence-electron chi connectivity index (χ2n) is 6.21. The van der Waals surface area contributed by atoms with Gasteiger partial charge in [-0.25, -0.2) is 4.79 Å². The monoisotopic (exact) mass is 373 g/mol. The van der Waals surface area contributed by atoms with Crippen molar-refractivity contribution in [2.24, 2.45) is 0 Å². The molecule has 0 unspecified atom stereocenters. The van der Waals surface area contributed by atoms with Crippen LogP contribution in [0.2, 0.25) is 0 Å². The fourth-order valence-electron chi connectivity index (χ4n) is 2.89. The first-order chi connectivity index (χ1) is 12.2. The maximum absolute atomic E-state index is 12.2. The summed E-state index contributed by atoms with van der Waals surface area (Å²) in [6.45, 7) is 1.87. The highest BCUT2D eigenvalue weighted by atomic mass is 35.5. The van der Waals surface area contributed by atoms with E-state index in [1.165, 1.54) is 5.56 Å². The number of Topliss-reactive ketones (excluding diaryl/α,β-unsaturated/α-hetero) is 1. The molecule has 0 radical (unpaired) electrons. The zero-order valence-electron chi connectivity index (χ0n) is 14.6. The number of carbonyl (C=O) groups excluding carboxylic acids is 1. The predicted molar refractivity (Wildman–Crippen MR) is 107 cm³/mol. The molecule has 0 saturated carbocycles. The Morgan fingerprint density at radius 1 is 0.923 bits per heavy atom. The van der Waals surface area contributed by atoms with Gasteiger partial charge < -0.3 is 15.3 Å². The molecule has 5 nitrogen and oxygen atoms in total. The summed E-state index contributed by atoms with van der Waals surface area (Å²) in [7, 11) is 0. The Balaban J connectivity index is 0.00000243. The summed E-state index contributed by atoms with van der Waals surface area (Å²) >= 11 is 0. The van der Waals surface area contributed by atoms with E-state index < -0.39 is 0 Å². The average Bonchev–Trinajstić information content (AvgIpc) is 3.00. The van der Waals surface area contributed by atoms with E-state index in [1.54, 1.807) is 18.2 Å². The number of hydrogen-bond acceptors (Lipinski definition) is 3. The average molecular weight is 374 g/mol. The molecule has 3 rings (SSSR count). The number of fused-ring (bicyclic) bond motifs is 1. The smallest absolute Gasteiger partial charge is 0.316 e. The molecule has 3 aromatic rings. The Hall–Kier alpha value is -2.37. The molecule has 0 bridgehead atoms. The van der Waals surface area contributed by atoms with Gasteiger partial charge in [-0.15, -0.1) is 12.4 Å². The van der Waals surface area contributed by atoms with Gasteiger partial charge in [0.1, 0.15) is 0 Å². The van der Waals surface area contributed by atoms with Crippen LogP contribution in [-0.4, -0.2) is 28.8 Å². The standard InChI is InChI=1S/C20H23N3O2.ClH/c24-19(16-9-10-17-18(14-16)23-20(25)22-17)8-4-5-12-21-13-11-15-6-2-1-3-7-15;/h1-3,6-7,9-10,14,21H,4-5,8,11-13H2,(H2,22,23,25);1H. The van der Waals surface area contributed by atoms with Crippen molar-refractivity contribution in [2.45, 2.75) is 25.7 Å². The number of carbonyl (C=O) groups is 1. The fraction of sp³-hybridized carbons (Fsp3) is 0.300. The summed E-state index contributed by atoms with van der Waals surface area (Å²) in [5.74, 6) is 0.119. The molecule has 0 amide bonds. The van der Waals surface area contributed by atoms with Crippen molar-refractivity contribution in [1.29, 1.82) is 0 Å². The third kappa shape index (κ3) is 5.58. The Bertz CT molecular complexity index is 887. The molecule has 0 spiro atoms. The Morgan fingerprint density at radius 2 is 1.69 bits per heavy atom. The number of aromatic nitrogens is 2. The van der Waals surface area contributed by atoms with E-state index >= 15 is 0 Å². The van der Waals surface area contributed by atoms with Gasteiger partial charge in [-0.3, -0.25) is 4.79 Å². The number of benzene rings is 2. The minimum absolute atomic E-state index is 0. The molecular weight excluding hydrogens is 350 g/mol. The first-order valence-corrected chi connectivity index (χ1v) is 8.72. The topological polar surface area (TPSA) is 77.8 Å². The number of aromatic amines is 2. The molecule has 1 heterocycles. The highest BCUT2D eigenvalue weighted by Crippen LogP contribution is 2.13. The number of hydrogen-bond donors (Lipinski definition) is 3. The van der Waals surface area contributed by atoms with E-state index in [-0.39, 0.29) is 23.9 Å². The minimum atomic E-state index is -0.249. The maximum atomic E-state index is 12.2. The van der Waals surface area contributed by atoms with Gasteiger partial charge in [-0.05, 0) is 56.1 Å². The molecule has 3 N–H and O–H groups in total. The number of imidazole rings is 1. The van der Waals surface area contributed by atoms with Crippen LogP contribution in [0.4, 0.5) is 0 Å².